The molecular weight excluding hydrogens is 388 g/mol. The van der Waals surface area contributed by atoms with Crippen molar-refractivity contribution in [2.75, 3.05) is 0 Å². The Morgan fingerprint density at radius 3 is 2.73 bits per heavy atom. The number of tetrazole rings is 1. The Balaban J connectivity index is 1.66. The summed E-state index contributed by atoms with van der Waals surface area (Å²) in [6, 6.07) is 14.8. The Kier molecular flexibility index (Phi) is 5.08. The highest BCUT2D eigenvalue weighted by atomic mass is 16.5. The van der Waals surface area contributed by atoms with E-state index in [9.17, 15) is 14.7 Å². The lowest BCUT2D eigenvalue weighted by atomic mass is 10.1. The molecule has 9 nitrogen and oxygen atoms in total. The number of hydrogen-bond acceptors (Lipinski definition) is 8. The molecule has 9 heteroatoms. The van der Waals surface area contributed by atoms with Crippen LogP contribution in [0, 0.1) is 6.92 Å². The van der Waals surface area contributed by atoms with E-state index < -0.39 is 11.6 Å². The maximum Gasteiger partial charge on any atom is 0.357 e. The first-order chi connectivity index (χ1) is 14.5. The maximum absolute atomic E-state index is 12.9. The zero-order valence-electron chi connectivity index (χ0n) is 15.8. The van der Waals surface area contributed by atoms with Crippen molar-refractivity contribution in [1.29, 1.82) is 0 Å². The number of aryl methyl sites for hydroxylation is 1. The molecular formula is C21H16N4O5. The van der Waals surface area contributed by atoms with E-state index in [2.05, 4.69) is 15.5 Å². The highest BCUT2D eigenvalue weighted by molar-refractivity contribution is 6.15. The molecule has 30 heavy (non-hydrogen) atoms. The molecule has 4 rings (SSSR count). The number of carbonyl (C=O) groups is 1. The molecule has 4 aromatic rings. The Morgan fingerprint density at radius 1 is 1.20 bits per heavy atom. The lowest BCUT2D eigenvalue weighted by Gasteiger charge is -2.10. The number of fused-ring (bicyclic) bond motifs is 1. The molecule has 2 heterocycles. The minimum Gasteiger partial charge on any atom is -0.508 e. The zero-order valence-corrected chi connectivity index (χ0v) is 15.8. The highest BCUT2D eigenvalue weighted by Gasteiger charge is 2.19. The van der Waals surface area contributed by atoms with Gasteiger partial charge in [0.05, 0.1) is 0 Å². The van der Waals surface area contributed by atoms with Gasteiger partial charge in [0.15, 0.2) is 11.5 Å². The summed E-state index contributed by atoms with van der Waals surface area (Å²) < 4.78 is 11.8. The van der Waals surface area contributed by atoms with E-state index in [1.807, 2.05) is 30.3 Å². The Labute approximate surface area is 169 Å². The number of aromatic hydroxyl groups is 1. The number of aromatic nitrogens is 4. The molecule has 1 N–H and O–H groups in total. The average molecular weight is 404 g/mol. The van der Waals surface area contributed by atoms with Gasteiger partial charge in [0.1, 0.15) is 17.9 Å². The molecule has 0 aliphatic carbocycles. The SMILES string of the molecule is Cc1nnnn1/C(=C/c1ccccc1)C(=O)OCc1cc(=O)oc2cc(O)ccc12. The van der Waals surface area contributed by atoms with Gasteiger partial charge in [-0.2, -0.15) is 4.68 Å². The fraction of sp³-hybridized carbons (Fsp3) is 0.0952. The van der Waals surface area contributed by atoms with E-state index in [-0.39, 0.29) is 23.6 Å². The lowest BCUT2D eigenvalue weighted by Crippen LogP contribution is -2.15. The predicted molar refractivity (Wildman–Crippen MR) is 107 cm³/mol. The van der Waals surface area contributed by atoms with Crippen LogP contribution in [0.1, 0.15) is 17.0 Å². The summed E-state index contributed by atoms with van der Waals surface area (Å²) >= 11 is 0. The molecule has 0 radical (unpaired) electrons. The van der Waals surface area contributed by atoms with Crippen molar-refractivity contribution < 1.29 is 19.1 Å². The number of esters is 1. The Bertz CT molecular complexity index is 1310. The van der Waals surface area contributed by atoms with Gasteiger partial charge in [-0.05, 0) is 41.1 Å². The van der Waals surface area contributed by atoms with Crippen LogP contribution in [-0.4, -0.2) is 31.3 Å². The summed E-state index contributed by atoms with van der Waals surface area (Å²) in [6.07, 6.45) is 1.61. The molecule has 0 bridgehead atoms. The number of benzene rings is 2. The smallest absolute Gasteiger partial charge is 0.357 e. The van der Waals surface area contributed by atoms with Crippen molar-refractivity contribution >= 4 is 28.7 Å². The minimum absolute atomic E-state index is 0.0398. The van der Waals surface area contributed by atoms with Gasteiger partial charge < -0.3 is 14.3 Å². The summed E-state index contributed by atoms with van der Waals surface area (Å²) in [5.41, 5.74) is 0.914. The minimum atomic E-state index is -0.672. The van der Waals surface area contributed by atoms with Gasteiger partial charge in [-0.15, -0.1) is 5.10 Å². The molecule has 0 unspecified atom stereocenters. The first kappa shape index (κ1) is 19.1. The summed E-state index contributed by atoms with van der Waals surface area (Å²) in [5, 5.41) is 21.4. The third-order valence-electron chi connectivity index (χ3n) is 4.34. The summed E-state index contributed by atoms with van der Waals surface area (Å²) in [7, 11) is 0. The van der Waals surface area contributed by atoms with Crippen molar-refractivity contribution in [1.82, 2.24) is 20.2 Å². The quantitative estimate of drug-likeness (QED) is 0.306. The number of nitrogens with zero attached hydrogens (tertiary/aromatic N) is 4. The number of hydrogen-bond donors (Lipinski definition) is 1. The van der Waals surface area contributed by atoms with Crippen molar-refractivity contribution in [3.8, 4) is 5.75 Å². The summed E-state index contributed by atoms with van der Waals surface area (Å²) in [5.74, 6) is -0.299. The van der Waals surface area contributed by atoms with Gasteiger partial charge in [-0.25, -0.2) is 9.59 Å². The van der Waals surface area contributed by atoms with Crippen LogP contribution >= 0.6 is 0 Å². The molecule has 0 aliphatic rings. The van der Waals surface area contributed by atoms with Crippen LogP contribution in [-0.2, 0) is 16.1 Å². The van der Waals surface area contributed by atoms with E-state index in [0.717, 1.165) is 5.56 Å². The molecule has 0 aliphatic heterocycles. The summed E-state index contributed by atoms with van der Waals surface area (Å²) in [6.45, 7) is 1.48. The Morgan fingerprint density at radius 2 is 2.00 bits per heavy atom. The van der Waals surface area contributed by atoms with Gasteiger partial charge in [0.25, 0.3) is 0 Å². The maximum atomic E-state index is 12.9. The van der Waals surface area contributed by atoms with E-state index in [1.54, 1.807) is 19.1 Å². The largest absolute Gasteiger partial charge is 0.508 e. The number of phenolic OH excluding ortho intramolecular Hbond substituents is 1. The predicted octanol–water partition coefficient (Wildman–Crippen LogP) is 2.54. The summed E-state index contributed by atoms with van der Waals surface area (Å²) in [4.78, 5) is 24.7. The third-order valence-corrected chi connectivity index (χ3v) is 4.34. The third kappa shape index (κ3) is 3.95. The monoisotopic (exact) mass is 404 g/mol. The standard InChI is InChI=1S/C21H16N4O5/c1-13-22-23-24-25(13)18(9-14-5-3-2-4-6-14)21(28)29-12-15-10-20(27)30-19-11-16(26)7-8-17(15)19/h2-11,26H,12H2,1H3/b18-9+. The van der Waals surface area contributed by atoms with Crippen LogP contribution < -0.4 is 5.63 Å². The van der Waals surface area contributed by atoms with Crippen molar-refractivity contribution in [3.05, 3.63) is 82.0 Å². The van der Waals surface area contributed by atoms with E-state index in [4.69, 9.17) is 9.15 Å². The molecule has 150 valence electrons. The molecule has 0 spiro atoms. The van der Waals surface area contributed by atoms with Gasteiger partial charge >= 0.3 is 11.6 Å². The number of phenols is 1. The topological polar surface area (TPSA) is 120 Å². The molecule has 0 saturated heterocycles. The second-order valence-electron chi connectivity index (χ2n) is 6.43. The molecule has 2 aromatic heterocycles. The van der Waals surface area contributed by atoms with Crippen LogP contribution in [0.4, 0.5) is 0 Å². The fourth-order valence-corrected chi connectivity index (χ4v) is 2.92. The average Bonchev–Trinajstić information content (AvgIpc) is 3.15. The molecule has 0 saturated carbocycles. The first-order valence-corrected chi connectivity index (χ1v) is 8.96. The van der Waals surface area contributed by atoms with Gasteiger partial charge in [0, 0.05) is 23.1 Å². The second-order valence-corrected chi connectivity index (χ2v) is 6.43. The molecule has 0 fully saturated rings. The van der Waals surface area contributed by atoms with Gasteiger partial charge in [-0.3, -0.25) is 0 Å². The number of rotatable bonds is 5. The normalized spacial score (nSPS) is 11.6. The second kappa shape index (κ2) is 8.00. The van der Waals surface area contributed by atoms with Gasteiger partial charge in [-0.1, -0.05) is 30.3 Å². The fourth-order valence-electron chi connectivity index (χ4n) is 2.92. The van der Waals surface area contributed by atoms with Crippen molar-refractivity contribution in [3.63, 3.8) is 0 Å². The van der Waals surface area contributed by atoms with Crippen LogP contribution in [0.3, 0.4) is 0 Å². The Hall–Kier alpha value is -4.27. The van der Waals surface area contributed by atoms with E-state index >= 15 is 0 Å². The van der Waals surface area contributed by atoms with Crippen LogP contribution in [0.2, 0.25) is 0 Å². The number of carbonyl (C=O) groups excluding carboxylic acids is 1. The van der Waals surface area contributed by atoms with Gasteiger partial charge in [0.2, 0.25) is 0 Å². The number of ether oxygens (including phenoxy) is 1. The van der Waals surface area contributed by atoms with E-state index in [1.165, 1.54) is 22.9 Å². The van der Waals surface area contributed by atoms with Crippen LogP contribution in [0.5, 0.6) is 5.75 Å². The molecule has 2 aromatic carbocycles. The van der Waals surface area contributed by atoms with Crippen molar-refractivity contribution in [2.45, 2.75) is 13.5 Å². The first-order valence-electron chi connectivity index (χ1n) is 8.96. The highest BCUT2D eigenvalue weighted by Crippen LogP contribution is 2.23. The zero-order chi connectivity index (χ0) is 21.1. The van der Waals surface area contributed by atoms with Crippen LogP contribution in [0.15, 0.2) is 63.8 Å². The van der Waals surface area contributed by atoms with Crippen LogP contribution in [0.25, 0.3) is 22.7 Å². The molecule has 0 amide bonds. The van der Waals surface area contributed by atoms with E-state index in [0.29, 0.717) is 16.8 Å². The lowest BCUT2D eigenvalue weighted by molar-refractivity contribution is -0.138. The van der Waals surface area contributed by atoms with Crippen molar-refractivity contribution in [2.24, 2.45) is 0 Å². The molecule has 0 atom stereocenters.